The van der Waals surface area contributed by atoms with Crippen LogP contribution < -0.4 is 10.6 Å². The van der Waals surface area contributed by atoms with Crippen LogP contribution in [0.3, 0.4) is 0 Å². The molecule has 0 saturated carbocycles. The third kappa shape index (κ3) is 4.81. The van der Waals surface area contributed by atoms with E-state index in [2.05, 4.69) is 59.4 Å². The zero-order chi connectivity index (χ0) is 16.5. The predicted molar refractivity (Wildman–Crippen MR) is 91.5 cm³/mol. The van der Waals surface area contributed by atoms with Gasteiger partial charge in [-0.1, -0.05) is 6.92 Å². The van der Waals surface area contributed by atoms with Crippen LogP contribution >= 0.6 is 15.9 Å². The minimum absolute atomic E-state index is 0.0375. The molecule has 1 unspecified atom stereocenters. The van der Waals surface area contributed by atoms with Gasteiger partial charge in [0.15, 0.2) is 0 Å². The molecule has 1 atom stereocenters. The van der Waals surface area contributed by atoms with E-state index >= 15 is 0 Å². The highest BCUT2D eigenvalue weighted by atomic mass is 79.9. The van der Waals surface area contributed by atoms with E-state index in [9.17, 15) is 4.79 Å². The summed E-state index contributed by atoms with van der Waals surface area (Å²) in [4.78, 5) is 12.5. The molecule has 0 aliphatic carbocycles. The first-order valence-electron chi connectivity index (χ1n) is 7.84. The second kappa shape index (κ2) is 6.32. The predicted octanol–water partition coefficient (Wildman–Crippen LogP) is 2.71. The van der Waals surface area contributed by atoms with Crippen LogP contribution in [-0.2, 0) is 11.3 Å². The lowest BCUT2D eigenvalue weighted by Gasteiger charge is -2.46. The number of carbonyl (C=O) groups excluding carboxylic acids is 1. The van der Waals surface area contributed by atoms with Crippen LogP contribution in [0, 0.1) is 5.92 Å². The maximum atomic E-state index is 12.5. The average molecular weight is 371 g/mol. The lowest BCUT2D eigenvalue weighted by Crippen LogP contribution is -2.62. The molecule has 124 valence electrons. The van der Waals surface area contributed by atoms with Crippen molar-refractivity contribution < 1.29 is 4.79 Å². The maximum absolute atomic E-state index is 12.5. The Kier molecular flexibility index (Phi) is 5.02. The van der Waals surface area contributed by atoms with Crippen molar-refractivity contribution >= 4 is 21.8 Å². The summed E-state index contributed by atoms with van der Waals surface area (Å²) in [5, 5.41) is 11.1. The van der Waals surface area contributed by atoms with Crippen molar-refractivity contribution in [1.29, 1.82) is 0 Å². The molecule has 22 heavy (non-hydrogen) atoms. The maximum Gasteiger partial charge on any atom is 0.224 e. The Morgan fingerprint density at radius 2 is 2.05 bits per heavy atom. The minimum atomic E-state index is -0.104. The molecule has 2 heterocycles. The standard InChI is InChI=1S/C16H27BrN4O/c1-11(9-21-10-12(17)8-18-21)14(22)19-13-6-15(2,3)20-16(4,5)7-13/h8,10-11,13,20H,6-7,9H2,1-5H3,(H,19,22). The molecular formula is C16H27BrN4O. The van der Waals surface area contributed by atoms with Gasteiger partial charge in [-0.15, -0.1) is 0 Å². The molecule has 2 rings (SSSR count). The Bertz CT molecular complexity index is 522. The Balaban J connectivity index is 1.93. The topological polar surface area (TPSA) is 59.0 Å². The summed E-state index contributed by atoms with van der Waals surface area (Å²) >= 11 is 3.37. The number of piperidine rings is 1. The highest BCUT2D eigenvalue weighted by Crippen LogP contribution is 2.28. The van der Waals surface area contributed by atoms with Crippen LogP contribution in [0.25, 0.3) is 0 Å². The molecule has 6 heteroatoms. The summed E-state index contributed by atoms with van der Waals surface area (Å²) in [6.45, 7) is 11.3. The van der Waals surface area contributed by atoms with Crippen molar-refractivity contribution in [3.8, 4) is 0 Å². The molecule has 1 aliphatic heterocycles. The monoisotopic (exact) mass is 370 g/mol. The van der Waals surface area contributed by atoms with Gasteiger partial charge in [-0.2, -0.15) is 5.10 Å². The van der Waals surface area contributed by atoms with Gasteiger partial charge in [0.2, 0.25) is 5.91 Å². The fraction of sp³-hybridized carbons (Fsp3) is 0.750. The molecule has 1 aromatic heterocycles. The molecule has 0 radical (unpaired) electrons. The number of hydrogen-bond acceptors (Lipinski definition) is 3. The van der Waals surface area contributed by atoms with Gasteiger partial charge in [0.05, 0.1) is 23.1 Å². The first kappa shape index (κ1) is 17.5. The number of hydrogen-bond donors (Lipinski definition) is 2. The summed E-state index contributed by atoms with van der Waals surface area (Å²) in [6.07, 6.45) is 5.52. The van der Waals surface area contributed by atoms with Crippen molar-refractivity contribution in [3.05, 3.63) is 16.9 Å². The van der Waals surface area contributed by atoms with E-state index in [-0.39, 0.29) is 28.9 Å². The summed E-state index contributed by atoms with van der Waals surface area (Å²) in [5.74, 6) is -0.00182. The lowest BCUT2D eigenvalue weighted by atomic mass is 9.79. The molecule has 1 aliphatic rings. The van der Waals surface area contributed by atoms with Gasteiger partial charge in [0.1, 0.15) is 0 Å². The summed E-state index contributed by atoms with van der Waals surface area (Å²) in [7, 11) is 0. The lowest BCUT2D eigenvalue weighted by molar-refractivity contribution is -0.126. The molecule has 1 fully saturated rings. The first-order valence-corrected chi connectivity index (χ1v) is 8.63. The third-order valence-corrected chi connectivity index (χ3v) is 4.46. The molecule has 0 aromatic carbocycles. The molecule has 1 saturated heterocycles. The van der Waals surface area contributed by atoms with Crippen molar-refractivity contribution in [1.82, 2.24) is 20.4 Å². The molecule has 1 aromatic rings. The largest absolute Gasteiger partial charge is 0.353 e. The smallest absolute Gasteiger partial charge is 0.224 e. The molecule has 1 amide bonds. The van der Waals surface area contributed by atoms with Crippen molar-refractivity contribution in [2.45, 2.75) is 71.1 Å². The molecule has 0 spiro atoms. The van der Waals surface area contributed by atoms with Gasteiger partial charge in [-0.05, 0) is 56.5 Å². The quantitative estimate of drug-likeness (QED) is 0.856. The Morgan fingerprint density at radius 1 is 1.45 bits per heavy atom. The van der Waals surface area contributed by atoms with Crippen LogP contribution in [-0.4, -0.2) is 32.8 Å². The fourth-order valence-corrected chi connectivity index (χ4v) is 3.90. The zero-order valence-corrected chi connectivity index (χ0v) is 15.7. The van der Waals surface area contributed by atoms with Gasteiger partial charge in [-0.25, -0.2) is 0 Å². The number of carbonyl (C=O) groups is 1. The van der Waals surface area contributed by atoms with Crippen LogP contribution in [0.2, 0.25) is 0 Å². The SMILES string of the molecule is CC(Cn1cc(Br)cn1)C(=O)NC1CC(C)(C)NC(C)(C)C1. The minimum Gasteiger partial charge on any atom is -0.353 e. The number of halogens is 1. The van der Waals surface area contributed by atoms with E-state index in [0.29, 0.717) is 6.54 Å². The van der Waals surface area contributed by atoms with Crippen LogP contribution in [0.4, 0.5) is 0 Å². The summed E-state index contributed by atoms with van der Waals surface area (Å²) in [5.41, 5.74) is 0.0750. The van der Waals surface area contributed by atoms with Gasteiger partial charge in [0, 0.05) is 23.3 Å². The number of aromatic nitrogens is 2. The normalized spacial score (nSPS) is 22.3. The summed E-state index contributed by atoms with van der Waals surface area (Å²) < 4.78 is 2.73. The van der Waals surface area contributed by atoms with E-state index in [1.807, 2.05) is 13.1 Å². The van der Waals surface area contributed by atoms with Crippen LogP contribution in [0.5, 0.6) is 0 Å². The second-order valence-electron chi connectivity index (χ2n) is 7.79. The van der Waals surface area contributed by atoms with E-state index < -0.39 is 0 Å². The first-order chi connectivity index (χ1) is 10.1. The molecule has 0 bridgehead atoms. The molecule has 2 N–H and O–H groups in total. The van der Waals surface area contributed by atoms with E-state index in [1.54, 1.807) is 10.9 Å². The second-order valence-corrected chi connectivity index (χ2v) is 8.70. The van der Waals surface area contributed by atoms with Gasteiger partial charge < -0.3 is 10.6 Å². The number of rotatable bonds is 4. The van der Waals surface area contributed by atoms with E-state index in [0.717, 1.165) is 17.3 Å². The van der Waals surface area contributed by atoms with Crippen LogP contribution in [0.15, 0.2) is 16.9 Å². The van der Waals surface area contributed by atoms with Gasteiger partial charge in [0.25, 0.3) is 0 Å². The highest BCUT2D eigenvalue weighted by Gasteiger charge is 2.38. The van der Waals surface area contributed by atoms with Gasteiger partial charge in [-0.3, -0.25) is 9.48 Å². The van der Waals surface area contributed by atoms with Gasteiger partial charge >= 0.3 is 0 Å². The number of nitrogens with zero attached hydrogens (tertiary/aromatic N) is 2. The van der Waals surface area contributed by atoms with Crippen molar-refractivity contribution in [2.75, 3.05) is 0 Å². The Labute approximate surface area is 141 Å². The third-order valence-electron chi connectivity index (χ3n) is 4.05. The fourth-order valence-electron chi connectivity index (χ4n) is 3.57. The number of nitrogens with one attached hydrogen (secondary N) is 2. The van der Waals surface area contributed by atoms with Crippen molar-refractivity contribution in [2.24, 2.45) is 5.92 Å². The Hall–Kier alpha value is -0.880. The zero-order valence-electron chi connectivity index (χ0n) is 14.1. The Morgan fingerprint density at radius 3 is 2.55 bits per heavy atom. The molecular weight excluding hydrogens is 344 g/mol. The van der Waals surface area contributed by atoms with E-state index in [1.165, 1.54) is 0 Å². The van der Waals surface area contributed by atoms with Crippen LogP contribution in [0.1, 0.15) is 47.5 Å². The van der Waals surface area contributed by atoms with E-state index in [4.69, 9.17) is 0 Å². The molecule has 5 nitrogen and oxygen atoms in total. The van der Waals surface area contributed by atoms with Crippen molar-refractivity contribution in [3.63, 3.8) is 0 Å². The highest BCUT2D eigenvalue weighted by molar-refractivity contribution is 9.10. The summed E-state index contributed by atoms with van der Waals surface area (Å²) in [6, 6.07) is 0.213. The number of amides is 1. The average Bonchev–Trinajstić information content (AvgIpc) is 2.70.